The standard InChI is InChI=1S/C22H28N4O5/c1-2-3-8-16(19(27)21(29)25-31)22(30)26-11-6-10-18(26)20(28)24-15-12-14-7-4-5-9-17(14)23-13-15/h4-5,7,9,12-13,16,18-19,27,31H,2-3,6,8,10-11H2,1H3,(H,24,28)(H,25,29)/t16-,18+,19+/m1/s1. The molecule has 1 aliphatic heterocycles. The van der Waals surface area contributed by atoms with Gasteiger partial charge in [0, 0.05) is 11.9 Å². The van der Waals surface area contributed by atoms with Crippen molar-refractivity contribution in [1.82, 2.24) is 15.4 Å². The summed E-state index contributed by atoms with van der Waals surface area (Å²) in [7, 11) is 0. The normalized spacial score (nSPS) is 17.9. The molecule has 9 heteroatoms. The van der Waals surface area contributed by atoms with Crippen molar-refractivity contribution in [3.8, 4) is 0 Å². The Balaban J connectivity index is 1.74. The Kier molecular flexibility index (Phi) is 7.54. The highest BCUT2D eigenvalue weighted by Gasteiger charge is 2.41. The number of carbonyl (C=O) groups is 3. The highest BCUT2D eigenvalue weighted by molar-refractivity contribution is 5.99. The van der Waals surface area contributed by atoms with Gasteiger partial charge in [-0.2, -0.15) is 0 Å². The summed E-state index contributed by atoms with van der Waals surface area (Å²) < 4.78 is 0. The molecule has 2 heterocycles. The molecule has 31 heavy (non-hydrogen) atoms. The molecule has 3 atom stereocenters. The molecule has 9 nitrogen and oxygen atoms in total. The number of para-hydroxylation sites is 1. The number of likely N-dealkylation sites (tertiary alicyclic amines) is 1. The van der Waals surface area contributed by atoms with E-state index in [1.165, 1.54) is 10.4 Å². The first-order chi connectivity index (χ1) is 15.0. The van der Waals surface area contributed by atoms with Gasteiger partial charge in [-0.3, -0.25) is 24.6 Å². The summed E-state index contributed by atoms with van der Waals surface area (Å²) in [6, 6.07) is 8.67. The average molecular weight is 428 g/mol. The molecule has 0 aliphatic carbocycles. The van der Waals surface area contributed by atoms with E-state index in [1.54, 1.807) is 6.20 Å². The zero-order valence-electron chi connectivity index (χ0n) is 17.5. The Morgan fingerprint density at radius 2 is 2.06 bits per heavy atom. The molecule has 1 fully saturated rings. The molecule has 2 aromatic rings. The minimum absolute atomic E-state index is 0.281. The number of aromatic nitrogens is 1. The fourth-order valence-corrected chi connectivity index (χ4v) is 3.97. The van der Waals surface area contributed by atoms with Crippen LogP contribution < -0.4 is 10.8 Å². The van der Waals surface area contributed by atoms with Crippen molar-refractivity contribution in [1.29, 1.82) is 0 Å². The highest BCUT2D eigenvalue weighted by atomic mass is 16.5. The average Bonchev–Trinajstić information content (AvgIpc) is 3.28. The lowest BCUT2D eigenvalue weighted by Crippen LogP contribution is -2.50. The van der Waals surface area contributed by atoms with Crippen LogP contribution in [0.5, 0.6) is 0 Å². The summed E-state index contributed by atoms with van der Waals surface area (Å²) in [6.45, 7) is 2.30. The van der Waals surface area contributed by atoms with Crippen LogP contribution in [0.15, 0.2) is 36.5 Å². The topological polar surface area (TPSA) is 132 Å². The summed E-state index contributed by atoms with van der Waals surface area (Å²) in [5, 5.41) is 22.8. The molecule has 0 saturated carbocycles. The number of pyridine rings is 1. The summed E-state index contributed by atoms with van der Waals surface area (Å²) in [4.78, 5) is 43.6. The van der Waals surface area contributed by atoms with Crippen molar-refractivity contribution in [2.45, 2.75) is 51.2 Å². The number of aliphatic hydroxyl groups excluding tert-OH is 1. The maximum Gasteiger partial charge on any atom is 0.272 e. The molecular formula is C22H28N4O5. The molecule has 0 bridgehead atoms. The van der Waals surface area contributed by atoms with E-state index < -0.39 is 29.9 Å². The zero-order valence-corrected chi connectivity index (χ0v) is 17.5. The fourth-order valence-electron chi connectivity index (χ4n) is 3.97. The number of nitrogens with one attached hydrogen (secondary N) is 2. The molecule has 3 amide bonds. The number of benzene rings is 1. The number of hydrogen-bond donors (Lipinski definition) is 4. The van der Waals surface area contributed by atoms with Gasteiger partial charge in [-0.15, -0.1) is 0 Å². The lowest BCUT2D eigenvalue weighted by Gasteiger charge is -2.30. The minimum atomic E-state index is -1.68. The molecule has 3 rings (SSSR count). The zero-order chi connectivity index (χ0) is 22.4. The van der Waals surface area contributed by atoms with Crippen molar-refractivity contribution < 1.29 is 24.7 Å². The fraction of sp³-hybridized carbons (Fsp3) is 0.455. The SMILES string of the molecule is CCCC[C@@H](C(=O)N1CCC[C@H]1C(=O)Nc1cnc2ccccc2c1)[C@H](O)C(=O)NO. The lowest BCUT2D eigenvalue weighted by molar-refractivity contribution is -0.152. The van der Waals surface area contributed by atoms with E-state index in [4.69, 9.17) is 5.21 Å². The predicted octanol–water partition coefficient (Wildman–Crippen LogP) is 1.84. The molecule has 0 unspecified atom stereocenters. The predicted molar refractivity (Wildman–Crippen MR) is 114 cm³/mol. The monoisotopic (exact) mass is 428 g/mol. The van der Waals surface area contributed by atoms with E-state index in [1.807, 2.05) is 37.3 Å². The lowest BCUT2D eigenvalue weighted by atomic mass is 9.93. The third kappa shape index (κ3) is 5.18. The molecule has 4 N–H and O–H groups in total. The van der Waals surface area contributed by atoms with Crippen LogP contribution >= 0.6 is 0 Å². The van der Waals surface area contributed by atoms with Gasteiger partial charge < -0.3 is 15.3 Å². The van der Waals surface area contributed by atoms with Crippen LogP contribution in [0.25, 0.3) is 10.9 Å². The van der Waals surface area contributed by atoms with Crippen LogP contribution in [-0.2, 0) is 14.4 Å². The third-order valence-electron chi connectivity index (χ3n) is 5.64. The Morgan fingerprint density at radius 3 is 2.81 bits per heavy atom. The summed E-state index contributed by atoms with van der Waals surface area (Å²) in [5.74, 6) is -2.85. The van der Waals surface area contributed by atoms with Gasteiger partial charge in [-0.1, -0.05) is 38.0 Å². The number of hydrogen-bond acceptors (Lipinski definition) is 6. The van der Waals surface area contributed by atoms with Gasteiger partial charge in [0.15, 0.2) is 0 Å². The molecule has 1 aromatic carbocycles. The van der Waals surface area contributed by atoms with Crippen LogP contribution in [0.3, 0.4) is 0 Å². The summed E-state index contributed by atoms with van der Waals surface area (Å²) in [6.07, 6.45) is 2.70. The quantitative estimate of drug-likeness (QED) is 0.375. The molecule has 1 aromatic heterocycles. The smallest absolute Gasteiger partial charge is 0.272 e. The molecule has 0 spiro atoms. The molecule has 1 aliphatic rings. The number of unbranched alkanes of at least 4 members (excludes halogenated alkanes) is 1. The van der Waals surface area contributed by atoms with Crippen molar-refractivity contribution >= 4 is 34.3 Å². The van der Waals surface area contributed by atoms with E-state index in [0.717, 1.165) is 17.3 Å². The number of amides is 3. The number of hydroxylamine groups is 1. The number of fused-ring (bicyclic) bond motifs is 1. The summed E-state index contributed by atoms with van der Waals surface area (Å²) >= 11 is 0. The van der Waals surface area contributed by atoms with Crippen LogP contribution in [0.4, 0.5) is 5.69 Å². The second-order valence-corrected chi connectivity index (χ2v) is 7.77. The van der Waals surface area contributed by atoms with Gasteiger partial charge in [-0.25, -0.2) is 5.48 Å². The number of anilines is 1. The van der Waals surface area contributed by atoms with E-state index in [-0.39, 0.29) is 12.3 Å². The van der Waals surface area contributed by atoms with Gasteiger partial charge in [0.1, 0.15) is 12.1 Å². The van der Waals surface area contributed by atoms with Gasteiger partial charge in [-0.05, 0) is 31.4 Å². The van der Waals surface area contributed by atoms with Gasteiger partial charge in [0.05, 0.1) is 23.3 Å². The number of aliphatic hydroxyl groups is 1. The molecule has 1 saturated heterocycles. The molecular weight excluding hydrogens is 400 g/mol. The number of nitrogens with zero attached hydrogens (tertiary/aromatic N) is 2. The second-order valence-electron chi connectivity index (χ2n) is 7.77. The molecule has 0 radical (unpaired) electrons. The first-order valence-corrected chi connectivity index (χ1v) is 10.5. The van der Waals surface area contributed by atoms with Crippen molar-refractivity contribution in [3.05, 3.63) is 36.5 Å². The Hall–Kier alpha value is -3.04. The Labute approximate surface area is 180 Å². The number of rotatable bonds is 8. The van der Waals surface area contributed by atoms with Crippen LogP contribution in [0.1, 0.15) is 39.0 Å². The van der Waals surface area contributed by atoms with Crippen LogP contribution in [-0.4, -0.2) is 56.6 Å². The largest absolute Gasteiger partial charge is 0.382 e. The maximum absolute atomic E-state index is 13.2. The Bertz CT molecular complexity index is 950. The second kappa shape index (κ2) is 10.3. The van der Waals surface area contributed by atoms with E-state index in [9.17, 15) is 19.5 Å². The van der Waals surface area contributed by atoms with E-state index >= 15 is 0 Å². The first kappa shape index (κ1) is 22.6. The van der Waals surface area contributed by atoms with Crippen molar-refractivity contribution in [2.75, 3.05) is 11.9 Å². The van der Waals surface area contributed by atoms with Crippen LogP contribution in [0, 0.1) is 5.92 Å². The summed E-state index contributed by atoms with van der Waals surface area (Å²) in [5.41, 5.74) is 2.75. The first-order valence-electron chi connectivity index (χ1n) is 10.5. The van der Waals surface area contributed by atoms with Crippen molar-refractivity contribution in [3.63, 3.8) is 0 Å². The van der Waals surface area contributed by atoms with Crippen molar-refractivity contribution in [2.24, 2.45) is 5.92 Å². The van der Waals surface area contributed by atoms with E-state index in [0.29, 0.717) is 31.5 Å². The van der Waals surface area contributed by atoms with Gasteiger partial charge in [0.25, 0.3) is 5.91 Å². The highest BCUT2D eigenvalue weighted by Crippen LogP contribution is 2.26. The molecule has 166 valence electrons. The van der Waals surface area contributed by atoms with Crippen LogP contribution in [0.2, 0.25) is 0 Å². The Morgan fingerprint density at radius 1 is 1.29 bits per heavy atom. The minimum Gasteiger partial charge on any atom is -0.382 e. The third-order valence-corrected chi connectivity index (χ3v) is 5.64. The number of carbonyl (C=O) groups excluding carboxylic acids is 3. The van der Waals surface area contributed by atoms with Gasteiger partial charge in [0.2, 0.25) is 11.8 Å². The van der Waals surface area contributed by atoms with E-state index in [2.05, 4.69) is 10.3 Å². The van der Waals surface area contributed by atoms with Gasteiger partial charge >= 0.3 is 0 Å². The maximum atomic E-state index is 13.2.